The predicted molar refractivity (Wildman–Crippen MR) is 76.7 cm³/mol. The third-order valence-corrected chi connectivity index (χ3v) is 3.44. The number of hydrogen-bond acceptors (Lipinski definition) is 4. The number of anilines is 1. The maximum atomic E-state index is 6.08. The maximum Gasteiger partial charge on any atom is 0.213 e. The monoisotopic (exact) mass is 264 g/mol. The van der Waals surface area contributed by atoms with Gasteiger partial charge in [0.15, 0.2) is 0 Å². The van der Waals surface area contributed by atoms with Crippen molar-refractivity contribution in [1.82, 2.24) is 4.98 Å². The summed E-state index contributed by atoms with van der Waals surface area (Å²) in [6, 6.07) is 4.17. The number of ether oxygens (including phenoxy) is 2. The summed E-state index contributed by atoms with van der Waals surface area (Å²) < 4.78 is 11.4. The molecule has 1 N–H and O–H groups in total. The summed E-state index contributed by atoms with van der Waals surface area (Å²) >= 11 is 0. The van der Waals surface area contributed by atoms with E-state index in [1.165, 1.54) is 0 Å². The number of rotatable bonds is 4. The van der Waals surface area contributed by atoms with Gasteiger partial charge in [0, 0.05) is 6.07 Å². The molecule has 1 atom stereocenters. The molecule has 0 bridgehead atoms. The highest BCUT2D eigenvalue weighted by Crippen LogP contribution is 2.38. The van der Waals surface area contributed by atoms with Crippen molar-refractivity contribution in [3.05, 3.63) is 18.3 Å². The van der Waals surface area contributed by atoms with Gasteiger partial charge in [-0.3, -0.25) is 0 Å². The molecule has 1 aromatic heterocycles. The van der Waals surface area contributed by atoms with Gasteiger partial charge in [0.25, 0.3) is 0 Å². The van der Waals surface area contributed by atoms with E-state index < -0.39 is 0 Å². The molecule has 1 aromatic rings. The van der Waals surface area contributed by atoms with E-state index >= 15 is 0 Å². The highest BCUT2D eigenvalue weighted by Gasteiger charge is 2.45. The summed E-state index contributed by atoms with van der Waals surface area (Å²) in [6.07, 6.45) is 2.79. The third kappa shape index (κ3) is 3.38. The van der Waals surface area contributed by atoms with Crippen LogP contribution in [0.3, 0.4) is 0 Å². The fraction of sp³-hybridized carbons (Fsp3) is 0.667. The van der Waals surface area contributed by atoms with Crippen LogP contribution in [0.4, 0.5) is 5.69 Å². The summed E-state index contributed by atoms with van der Waals surface area (Å²) in [5.41, 5.74) is 0.741. The molecule has 1 saturated heterocycles. The lowest BCUT2D eigenvalue weighted by atomic mass is 9.94. The molecular weight excluding hydrogens is 240 g/mol. The van der Waals surface area contributed by atoms with E-state index in [-0.39, 0.29) is 17.2 Å². The second-order valence-corrected chi connectivity index (χ2v) is 6.18. The van der Waals surface area contributed by atoms with Gasteiger partial charge in [-0.25, -0.2) is 4.98 Å². The predicted octanol–water partition coefficient (Wildman–Crippen LogP) is 3.24. The van der Waals surface area contributed by atoms with E-state index in [9.17, 15) is 0 Å². The van der Waals surface area contributed by atoms with Crippen molar-refractivity contribution in [3.8, 4) is 5.88 Å². The van der Waals surface area contributed by atoms with Crippen LogP contribution in [0.5, 0.6) is 5.88 Å². The molecule has 2 heterocycles. The van der Waals surface area contributed by atoms with Gasteiger partial charge in [0.2, 0.25) is 5.88 Å². The van der Waals surface area contributed by atoms with Crippen LogP contribution in [0.15, 0.2) is 18.3 Å². The number of hydrogen-bond donors (Lipinski definition) is 1. The molecule has 4 heteroatoms. The number of nitrogens with one attached hydrogen (secondary N) is 1. The van der Waals surface area contributed by atoms with Crippen molar-refractivity contribution in [2.24, 2.45) is 0 Å². The quantitative estimate of drug-likeness (QED) is 0.906. The van der Waals surface area contributed by atoms with Crippen molar-refractivity contribution in [2.75, 3.05) is 11.9 Å². The minimum atomic E-state index is -0.178. The molecule has 19 heavy (non-hydrogen) atoms. The molecule has 0 saturated carbocycles. The average Bonchev–Trinajstić information content (AvgIpc) is 2.50. The summed E-state index contributed by atoms with van der Waals surface area (Å²) in [5, 5.41) is 3.51. The zero-order valence-electron chi connectivity index (χ0n) is 12.5. The summed E-state index contributed by atoms with van der Waals surface area (Å²) in [5.74, 6) is 0.662. The Morgan fingerprint density at radius 2 is 2.11 bits per heavy atom. The van der Waals surface area contributed by atoms with Gasteiger partial charge >= 0.3 is 0 Å². The van der Waals surface area contributed by atoms with Crippen LogP contribution >= 0.6 is 0 Å². The van der Waals surface area contributed by atoms with Crippen molar-refractivity contribution in [3.63, 3.8) is 0 Å². The van der Waals surface area contributed by atoms with E-state index in [1.807, 2.05) is 25.3 Å². The normalized spacial score (nSPS) is 24.2. The number of pyridine rings is 1. The lowest BCUT2D eigenvalue weighted by Crippen LogP contribution is -2.38. The first-order valence-electron chi connectivity index (χ1n) is 6.88. The SMILES string of the molecule is CCOc1ccc(NC2CC(C)(C)OC2(C)C)cn1. The Hall–Kier alpha value is -1.29. The van der Waals surface area contributed by atoms with E-state index in [4.69, 9.17) is 9.47 Å². The van der Waals surface area contributed by atoms with Gasteiger partial charge in [-0.15, -0.1) is 0 Å². The topological polar surface area (TPSA) is 43.4 Å². The van der Waals surface area contributed by atoms with Gasteiger partial charge in [-0.05, 0) is 47.1 Å². The molecule has 1 aliphatic rings. The summed E-state index contributed by atoms with van der Waals surface area (Å²) in [6.45, 7) is 11.1. The van der Waals surface area contributed by atoms with Crippen molar-refractivity contribution in [1.29, 1.82) is 0 Å². The Kier molecular flexibility index (Phi) is 3.72. The Bertz CT molecular complexity index is 426. The zero-order chi connectivity index (χ0) is 14.1. The smallest absolute Gasteiger partial charge is 0.213 e. The molecule has 4 nitrogen and oxygen atoms in total. The molecule has 2 rings (SSSR count). The van der Waals surface area contributed by atoms with E-state index in [1.54, 1.807) is 0 Å². The Morgan fingerprint density at radius 1 is 1.37 bits per heavy atom. The van der Waals surface area contributed by atoms with Gasteiger partial charge in [0.1, 0.15) is 0 Å². The largest absolute Gasteiger partial charge is 0.478 e. The standard InChI is InChI=1S/C15H24N2O2/c1-6-18-13-8-7-11(10-16-13)17-12-9-14(2,3)19-15(12,4)5/h7-8,10,12,17H,6,9H2,1-5H3. The molecule has 0 aliphatic carbocycles. The van der Waals surface area contributed by atoms with Crippen LogP contribution in [0.2, 0.25) is 0 Å². The lowest BCUT2D eigenvalue weighted by Gasteiger charge is -2.28. The minimum absolute atomic E-state index is 0.0835. The highest BCUT2D eigenvalue weighted by molar-refractivity contribution is 5.44. The van der Waals surface area contributed by atoms with Crippen LogP contribution < -0.4 is 10.1 Å². The maximum absolute atomic E-state index is 6.08. The molecule has 1 aliphatic heterocycles. The third-order valence-electron chi connectivity index (χ3n) is 3.44. The van der Waals surface area contributed by atoms with Crippen molar-refractivity contribution < 1.29 is 9.47 Å². The van der Waals surface area contributed by atoms with Crippen LogP contribution in [-0.2, 0) is 4.74 Å². The Labute approximate surface area is 115 Å². The van der Waals surface area contributed by atoms with Gasteiger partial charge in [0.05, 0.1) is 35.7 Å². The molecule has 0 spiro atoms. The first-order chi connectivity index (χ1) is 8.82. The molecule has 0 amide bonds. The van der Waals surface area contributed by atoms with Crippen molar-refractivity contribution >= 4 is 5.69 Å². The van der Waals surface area contributed by atoms with Gasteiger partial charge < -0.3 is 14.8 Å². The van der Waals surface area contributed by atoms with E-state index in [2.05, 4.69) is 38.0 Å². The molecule has 0 radical (unpaired) electrons. The zero-order valence-corrected chi connectivity index (χ0v) is 12.5. The molecule has 1 unspecified atom stereocenters. The van der Waals surface area contributed by atoms with E-state index in [0.29, 0.717) is 12.5 Å². The first-order valence-corrected chi connectivity index (χ1v) is 6.88. The van der Waals surface area contributed by atoms with E-state index in [0.717, 1.165) is 12.1 Å². The first kappa shape index (κ1) is 14.1. The van der Waals surface area contributed by atoms with Crippen LogP contribution in [0, 0.1) is 0 Å². The Morgan fingerprint density at radius 3 is 2.58 bits per heavy atom. The second-order valence-electron chi connectivity index (χ2n) is 6.18. The molecule has 0 aromatic carbocycles. The van der Waals surface area contributed by atoms with Crippen LogP contribution in [0.1, 0.15) is 41.0 Å². The number of nitrogens with zero attached hydrogens (tertiary/aromatic N) is 1. The number of aromatic nitrogens is 1. The molecule has 106 valence electrons. The highest BCUT2D eigenvalue weighted by atomic mass is 16.5. The fourth-order valence-electron chi connectivity index (χ4n) is 2.69. The molecular formula is C15H24N2O2. The lowest BCUT2D eigenvalue weighted by molar-refractivity contribution is -0.0662. The minimum Gasteiger partial charge on any atom is -0.478 e. The second kappa shape index (κ2) is 5.00. The van der Waals surface area contributed by atoms with Gasteiger partial charge in [-0.2, -0.15) is 0 Å². The molecule has 1 fully saturated rings. The van der Waals surface area contributed by atoms with Gasteiger partial charge in [-0.1, -0.05) is 0 Å². The van der Waals surface area contributed by atoms with Crippen LogP contribution in [-0.4, -0.2) is 28.8 Å². The summed E-state index contributed by atoms with van der Waals surface area (Å²) in [4.78, 5) is 4.27. The Balaban J connectivity index is 2.05. The van der Waals surface area contributed by atoms with Crippen molar-refractivity contribution in [2.45, 2.75) is 58.3 Å². The average molecular weight is 264 g/mol. The van der Waals surface area contributed by atoms with Crippen LogP contribution in [0.25, 0.3) is 0 Å². The summed E-state index contributed by atoms with van der Waals surface area (Å²) in [7, 11) is 0. The fourth-order valence-corrected chi connectivity index (χ4v) is 2.69.